The van der Waals surface area contributed by atoms with Crippen LogP contribution in [0.3, 0.4) is 0 Å². The van der Waals surface area contributed by atoms with Gasteiger partial charge in [-0.1, -0.05) is 0 Å². The topological polar surface area (TPSA) is 50.7 Å². The van der Waals surface area contributed by atoms with Crippen molar-refractivity contribution in [2.24, 2.45) is 0 Å². The van der Waals surface area contributed by atoms with Crippen molar-refractivity contribution in [3.63, 3.8) is 0 Å². The second kappa shape index (κ2) is 9.72. The van der Waals surface area contributed by atoms with Gasteiger partial charge in [0.25, 0.3) is 0 Å². The van der Waals surface area contributed by atoms with E-state index in [4.69, 9.17) is 9.47 Å². The third kappa shape index (κ3) is 6.72. The van der Waals surface area contributed by atoms with E-state index in [0.717, 1.165) is 31.7 Å². The van der Waals surface area contributed by atoms with E-state index < -0.39 is 0 Å². The standard InChI is InChI=1S/C13H19Br2NO3/c1-18-5-6-19-4-2-3-16-9-10-7-11(14)13(17)12(15)8-10/h7-8,16-17H,2-6,9H2,1H3. The maximum Gasteiger partial charge on any atom is 0.143 e. The van der Waals surface area contributed by atoms with Gasteiger partial charge in [0.2, 0.25) is 0 Å². The summed E-state index contributed by atoms with van der Waals surface area (Å²) < 4.78 is 11.6. The molecular formula is C13H19Br2NO3. The molecule has 0 saturated heterocycles. The number of nitrogens with one attached hydrogen (secondary N) is 1. The Bertz CT molecular complexity index is 365. The molecule has 0 bridgehead atoms. The van der Waals surface area contributed by atoms with Crippen LogP contribution in [0.25, 0.3) is 0 Å². The van der Waals surface area contributed by atoms with E-state index >= 15 is 0 Å². The summed E-state index contributed by atoms with van der Waals surface area (Å²) >= 11 is 6.63. The van der Waals surface area contributed by atoms with Gasteiger partial charge < -0.3 is 19.9 Å². The largest absolute Gasteiger partial charge is 0.506 e. The van der Waals surface area contributed by atoms with Crippen LogP contribution >= 0.6 is 31.9 Å². The number of aromatic hydroxyl groups is 1. The van der Waals surface area contributed by atoms with Crippen LogP contribution in [0.4, 0.5) is 0 Å². The number of hydrogen-bond acceptors (Lipinski definition) is 4. The van der Waals surface area contributed by atoms with E-state index in [-0.39, 0.29) is 5.75 Å². The van der Waals surface area contributed by atoms with Gasteiger partial charge in [-0.15, -0.1) is 0 Å². The molecule has 0 heterocycles. The van der Waals surface area contributed by atoms with E-state index in [0.29, 0.717) is 22.2 Å². The first-order valence-electron chi connectivity index (χ1n) is 6.09. The Balaban J connectivity index is 2.16. The summed E-state index contributed by atoms with van der Waals surface area (Å²) in [4.78, 5) is 0. The Hall–Kier alpha value is -0.140. The molecule has 1 aromatic carbocycles. The van der Waals surface area contributed by atoms with Crippen LogP contribution in [0.15, 0.2) is 21.1 Å². The maximum atomic E-state index is 9.60. The summed E-state index contributed by atoms with van der Waals surface area (Å²) in [6, 6.07) is 3.81. The van der Waals surface area contributed by atoms with E-state index in [9.17, 15) is 5.11 Å². The molecule has 19 heavy (non-hydrogen) atoms. The lowest BCUT2D eigenvalue weighted by Crippen LogP contribution is -2.17. The summed E-state index contributed by atoms with van der Waals surface area (Å²) in [5.74, 6) is 0.232. The summed E-state index contributed by atoms with van der Waals surface area (Å²) in [6.07, 6.45) is 0.962. The third-order valence-corrected chi connectivity index (χ3v) is 3.69. The number of phenols is 1. The minimum Gasteiger partial charge on any atom is -0.506 e. The number of benzene rings is 1. The van der Waals surface area contributed by atoms with Crippen LogP contribution < -0.4 is 5.32 Å². The molecule has 1 aromatic rings. The second-order valence-corrected chi connectivity index (χ2v) is 5.75. The maximum absolute atomic E-state index is 9.60. The zero-order valence-corrected chi connectivity index (χ0v) is 14.1. The van der Waals surface area contributed by atoms with Gasteiger partial charge in [0.05, 0.1) is 22.2 Å². The predicted octanol–water partition coefficient (Wildman–Crippen LogP) is 3.06. The smallest absolute Gasteiger partial charge is 0.143 e. The highest BCUT2D eigenvalue weighted by molar-refractivity contribution is 9.11. The van der Waals surface area contributed by atoms with Crippen molar-refractivity contribution in [2.75, 3.05) is 33.5 Å². The van der Waals surface area contributed by atoms with Crippen molar-refractivity contribution in [1.29, 1.82) is 0 Å². The molecule has 0 radical (unpaired) electrons. The molecule has 0 aromatic heterocycles. The van der Waals surface area contributed by atoms with Crippen molar-refractivity contribution < 1.29 is 14.6 Å². The molecule has 0 saturated carbocycles. The van der Waals surface area contributed by atoms with Gasteiger partial charge in [0.15, 0.2) is 0 Å². The Kier molecular flexibility index (Phi) is 8.65. The van der Waals surface area contributed by atoms with Crippen LogP contribution in [0.1, 0.15) is 12.0 Å². The van der Waals surface area contributed by atoms with E-state index in [2.05, 4.69) is 37.2 Å². The molecular weight excluding hydrogens is 378 g/mol. The summed E-state index contributed by atoms with van der Waals surface area (Å²) in [5.41, 5.74) is 1.11. The third-order valence-electron chi connectivity index (χ3n) is 2.48. The summed E-state index contributed by atoms with van der Waals surface area (Å²) in [6.45, 7) is 3.68. The van der Waals surface area contributed by atoms with Crippen LogP contribution in [-0.2, 0) is 16.0 Å². The fraction of sp³-hybridized carbons (Fsp3) is 0.538. The lowest BCUT2D eigenvalue weighted by Gasteiger charge is -2.08. The van der Waals surface area contributed by atoms with Crippen molar-refractivity contribution in [3.05, 3.63) is 26.6 Å². The summed E-state index contributed by atoms with van der Waals surface area (Å²) in [7, 11) is 1.67. The van der Waals surface area contributed by atoms with Gasteiger partial charge in [0, 0.05) is 20.3 Å². The average Bonchev–Trinajstić information content (AvgIpc) is 2.39. The second-order valence-electron chi connectivity index (χ2n) is 4.04. The van der Waals surface area contributed by atoms with E-state index in [1.165, 1.54) is 0 Å². The predicted molar refractivity (Wildman–Crippen MR) is 82.5 cm³/mol. The van der Waals surface area contributed by atoms with Crippen molar-refractivity contribution >= 4 is 31.9 Å². The van der Waals surface area contributed by atoms with Crippen molar-refractivity contribution in [3.8, 4) is 5.75 Å². The number of ether oxygens (including phenoxy) is 2. The first-order chi connectivity index (χ1) is 9.15. The molecule has 0 aliphatic rings. The monoisotopic (exact) mass is 395 g/mol. The zero-order chi connectivity index (χ0) is 14.1. The molecule has 0 aliphatic heterocycles. The van der Waals surface area contributed by atoms with Gasteiger partial charge >= 0.3 is 0 Å². The molecule has 1 rings (SSSR count). The average molecular weight is 397 g/mol. The molecule has 0 atom stereocenters. The molecule has 0 amide bonds. The minimum atomic E-state index is 0.232. The highest BCUT2D eigenvalue weighted by Gasteiger charge is 2.05. The van der Waals surface area contributed by atoms with Crippen LogP contribution in [0, 0.1) is 0 Å². The lowest BCUT2D eigenvalue weighted by molar-refractivity contribution is 0.0695. The number of methoxy groups -OCH3 is 1. The minimum absolute atomic E-state index is 0.232. The van der Waals surface area contributed by atoms with Gasteiger partial charge in [-0.3, -0.25) is 0 Å². The SMILES string of the molecule is COCCOCCCNCc1cc(Br)c(O)c(Br)c1. The molecule has 4 nitrogen and oxygen atoms in total. The zero-order valence-electron chi connectivity index (χ0n) is 10.9. The van der Waals surface area contributed by atoms with E-state index in [1.807, 2.05) is 12.1 Å². The first-order valence-corrected chi connectivity index (χ1v) is 7.68. The van der Waals surface area contributed by atoms with Crippen LogP contribution in [-0.4, -0.2) is 38.6 Å². The number of phenolic OH excluding ortho intramolecular Hbond substituents is 1. The van der Waals surface area contributed by atoms with Crippen LogP contribution in [0.5, 0.6) is 5.75 Å². The van der Waals surface area contributed by atoms with Gasteiger partial charge in [-0.2, -0.15) is 0 Å². The van der Waals surface area contributed by atoms with Crippen LogP contribution in [0.2, 0.25) is 0 Å². The first kappa shape index (κ1) is 16.9. The Morgan fingerprint density at radius 3 is 2.47 bits per heavy atom. The van der Waals surface area contributed by atoms with Gasteiger partial charge in [-0.25, -0.2) is 0 Å². The molecule has 0 unspecified atom stereocenters. The Morgan fingerprint density at radius 2 is 1.84 bits per heavy atom. The molecule has 0 aliphatic carbocycles. The molecule has 2 N–H and O–H groups in total. The number of rotatable bonds is 9. The molecule has 108 valence electrons. The normalized spacial score (nSPS) is 10.9. The lowest BCUT2D eigenvalue weighted by atomic mass is 10.2. The highest BCUT2D eigenvalue weighted by Crippen LogP contribution is 2.33. The van der Waals surface area contributed by atoms with Gasteiger partial charge in [-0.05, 0) is 62.5 Å². The number of halogens is 2. The molecule has 0 fully saturated rings. The highest BCUT2D eigenvalue weighted by atomic mass is 79.9. The Morgan fingerprint density at radius 1 is 1.16 bits per heavy atom. The van der Waals surface area contributed by atoms with E-state index in [1.54, 1.807) is 7.11 Å². The summed E-state index contributed by atoms with van der Waals surface area (Å²) in [5, 5.41) is 12.9. The number of hydrogen-bond donors (Lipinski definition) is 2. The van der Waals surface area contributed by atoms with Crippen molar-refractivity contribution in [2.45, 2.75) is 13.0 Å². The quantitative estimate of drug-likeness (QED) is 0.630. The Labute approximate surface area is 130 Å². The molecule has 6 heteroatoms. The molecule has 0 spiro atoms. The van der Waals surface area contributed by atoms with Gasteiger partial charge in [0.1, 0.15) is 5.75 Å². The fourth-order valence-corrected chi connectivity index (χ4v) is 2.78. The van der Waals surface area contributed by atoms with Crippen molar-refractivity contribution in [1.82, 2.24) is 5.32 Å². The fourth-order valence-electron chi connectivity index (χ4n) is 1.50.